The monoisotopic (exact) mass is 202 g/mol. The van der Waals surface area contributed by atoms with Crippen molar-refractivity contribution < 1.29 is 14.3 Å². The Morgan fingerprint density at radius 2 is 1.87 bits per heavy atom. The zero-order valence-corrected chi connectivity index (χ0v) is 8.10. The van der Waals surface area contributed by atoms with Crippen LogP contribution in [0, 0.1) is 0 Å². The Hall–Kier alpha value is -2.16. The molecule has 0 aromatic heterocycles. The molecule has 0 unspecified atom stereocenters. The van der Waals surface area contributed by atoms with Crippen molar-refractivity contribution in [1.82, 2.24) is 0 Å². The van der Waals surface area contributed by atoms with Gasteiger partial charge in [-0.1, -0.05) is 31.4 Å². The predicted molar refractivity (Wildman–Crippen MR) is 57.2 cm³/mol. The maximum atomic E-state index is 11.3. The first-order valence-electron chi connectivity index (χ1n) is 4.26. The topological polar surface area (TPSA) is 43.4 Å². The van der Waals surface area contributed by atoms with Gasteiger partial charge in [0.1, 0.15) is 0 Å². The van der Waals surface area contributed by atoms with E-state index in [1.165, 1.54) is 0 Å². The summed E-state index contributed by atoms with van der Waals surface area (Å²) in [6.45, 7) is 6.84. The first-order valence-corrected chi connectivity index (χ1v) is 4.26. The van der Waals surface area contributed by atoms with Crippen molar-refractivity contribution in [1.29, 1.82) is 0 Å². The van der Waals surface area contributed by atoms with Gasteiger partial charge >= 0.3 is 5.97 Å². The number of ether oxygens (including phenoxy) is 1. The van der Waals surface area contributed by atoms with Gasteiger partial charge in [-0.15, -0.1) is 0 Å². The number of carbonyl (C=O) groups is 2. The summed E-state index contributed by atoms with van der Waals surface area (Å²) in [5, 5.41) is 0. The predicted octanol–water partition coefficient (Wildman–Crippen LogP) is 2.20. The van der Waals surface area contributed by atoms with Crippen LogP contribution in [0.1, 0.15) is 15.9 Å². The number of benzene rings is 1. The van der Waals surface area contributed by atoms with Crippen LogP contribution in [0.2, 0.25) is 0 Å². The summed E-state index contributed by atoms with van der Waals surface area (Å²) >= 11 is 0. The molecule has 0 radical (unpaired) electrons. The Labute approximate surface area is 87.7 Å². The molecule has 1 aromatic carbocycles. The smallest absolute Gasteiger partial charge is 0.343 e. The van der Waals surface area contributed by atoms with Gasteiger partial charge in [0, 0.05) is 0 Å². The lowest BCUT2D eigenvalue weighted by molar-refractivity contribution is -0.107. The fraction of sp³-hybridized carbons (Fsp3) is 0. The van der Waals surface area contributed by atoms with Gasteiger partial charge in [-0.05, 0) is 17.7 Å². The fourth-order valence-corrected chi connectivity index (χ4v) is 0.957. The van der Waals surface area contributed by atoms with E-state index in [0.717, 1.165) is 5.56 Å². The molecule has 3 heteroatoms. The van der Waals surface area contributed by atoms with E-state index >= 15 is 0 Å². The van der Waals surface area contributed by atoms with E-state index in [9.17, 15) is 9.59 Å². The zero-order valence-electron chi connectivity index (χ0n) is 8.10. The molecule has 0 saturated heterocycles. The summed E-state index contributed by atoms with van der Waals surface area (Å²) in [4.78, 5) is 21.5. The molecule has 0 bridgehead atoms. The van der Waals surface area contributed by atoms with Crippen LogP contribution in [0.15, 0.2) is 43.2 Å². The van der Waals surface area contributed by atoms with E-state index in [1.54, 1.807) is 30.3 Å². The Bertz CT molecular complexity index is 401. The van der Waals surface area contributed by atoms with Crippen molar-refractivity contribution in [3.8, 4) is 0 Å². The molecule has 0 atom stereocenters. The van der Waals surface area contributed by atoms with Gasteiger partial charge in [-0.25, -0.2) is 4.79 Å². The van der Waals surface area contributed by atoms with Crippen LogP contribution < -0.4 is 0 Å². The second-order valence-corrected chi connectivity index (χ2v) is 2.80. The van der Waals surface area contributed by atoms with Crippen LogP contribution in [0.4, 0.5) is 0 Å². The standard InChI is InChI=1S/C12H10O3/c1-3-10-4-6-11(7-5-10)12(14)15-9(2)8-13/h3-8H,1-2H2. The van der Waals surface area contributed by atoms with Crippen LogP contribution in [-0.4, -0.2) is 12.3 Å². The van der Waals surface area contributed by atoms with Crippen LogP contribution in [0.5, 0.6) is 0 Å². The minimum atomic E-state index is -0.595. The second kappa shape index (κ2) is 4.91. The minimum absolute atomic E-state index is 0.201. The van der Waals surface area contributed by atoms with Gasteiger partial charge in [0.2, 0.25) is 0 Å². The SMILES string of the molecule is C=Cc1ccc(C(=O)OC(=C)C=O)cc1. The maximum absolute atomic E-state index is 11.3. The van der Waals surface area contributed by atoms with Gasteiger partial charge in [0.25, 0.3) is 0 Å². The third kappa shape index (κ3) is 2.91. The van der Waals surface area contributed by atoms with Crippen LogP contribution in [0.3, 0.4) is 0 Å². The highest BCUT2D eigenvalue weighted by Gasteiger charge is 2.07. The van der Waals surface area contributed by atoms with Crippen molar-refractivity contribution in [3.05, 3.63) is 54.3 Å². The van der Waals surface area contributed by atoms with Crippen LogP contribution >= 0.6 is 0 Å². The molecule has 0 fully saturated rings. The van der Waals surface area contributed by atoms with E-state index < -0.39 is 5.97 Å². The van der Waals surface area contributed by atoms with Gasteiger partial charge in [0.05, 0.1) is 5.56 Å². The molecule has 15 heavy (non-hydrogen) atoms. The summed E-state index contributed by atoms with van der Waals surface area (Å²) in [5.74, 6) is -0.796. The van der Waals surface area contributed by atoms with Crippen molar-refractivity contribution in [3.63, 3.8) is 0 Å². The molecule has 0 aliphatic heterocycles. The summed E-state index contributed by atoms with van der Waals surface area (Å²) in [5.41, 5.74) is 1.27. The summed E-state index contributed by atoms with van der Waals surface area (Å²) in [6, 6.07) is 6.65. The Morgan fingerprint density at radius 3 is 2.33 bits per heavy atom. The first kappa shape index (κ1) is 10.9. The zero-order chi connectivity index (χ0) is 11.3. The third-order valence-electron chi connectivity index (χ3n) is 1.74. The summed E-state index contributed by atoms with van der Waals surface area (Å²) < 4.78 is 4.63. The lowest BCUT2D eigenvalue weighted by Gasteiger charge is -2.02. The average Bonchev–Trinajstić information content (AvgIpc) is 2.29. The number of allylic oxidation sites excluding steroid dienone is 1. The van der Waals surface area contributed by atoms with Crippen molar-refractivity contribution >= 4 is 18.3 Å². The summed E-state index contributed by atoms with van der Waals surface area (Å²) in [7, 11) is 0. The van der Waals surface area contributed by atoms with Gasteiger partial charge < -0.3 is 4.74 Å². The van der Waals surface area contributed by atoms with Crippen LogP contribution in [-0.2, 0) is 9.53 Å². The lowest BCUT2D eigenvalue weighted by Crippen LogP contribution is -2.04. The molecule has 0 N–H and O–H groups in total. The Balaban J connectivity index is 2.78. The minimum Gasteiger partial charge on any atom is -0.420 e. The number of rotatable bonds is 4. The molecular weight excluding hydrogens is 192 g/mol. The number of hydrogen-bond donors (Lipinski definition) is 0. The largest absolute Gasteiger partial charge is 0.420 e. The number of carbonyl (C=O) groups excluding carboxylic acids is 2. The molecule has 3 nitrogen and oxygen atoms in total. The van der Waals surface area contributed by atoms with E-state index in [0.29, 0.717) is 11.8 Å². The molecule has 0 aliphatic rings. The molecule has 76 valence electrons. The number of esters is 1. The molecule has 0 heterocycles. The quantitative estimate of drug-likeness (QED) is 0.325. The normalized spacial score (nSPS) is 9.07. The second-order valence-electron chi connectivity index (χ2n) is 2.80. The Morgan fingerprint density at radius 1 is 1.27 bits per heavy atom. The molecule has 0 aliphatic carbocycles. The van der Waals surface area contributed by atoms with Gasteiger partial charge in [-0.2, -0.15) is 0 Å². The van der Waals surface area contributed by atoms with Crippen molar-refractivity contribution in [2.24, 2.45) is 0 Å². The lowest BCUT2D eigenvalue weighted by atomic mass is 10.1. The first-order chi connectivity index (χ1) is 7.17. The Kier molecular flexibility index (Phi) is 3.57. The van der Waals surface area contributed by atoms with E-state index in [4.69, 9.17) is 0 Å². The highest BCUT2D eigenvalue weighted by Crippen LogP contribution is 2.08. The molecule has 0 spiro atoms. The molecule has 0 saturated carbocycles. The molecule has 0 amide bonds. The van der Waals surface area contributed by atoms with Gasteiger partial charge in [-0.3, -0.25) is 4.79 Å². The van der Waals surface area contributed by atoms with E-state index in [1.807, 2.05) is 0 Å². The van der Waals surface area contributed by atoms with Crippen molar-refractivity contribution in [2.75, 3.05) is 0 Å². The summed E-state index contributed by atoms with van der Waals surface area (Å²) in [6.07, 6.45) is 2.05. The molecule has 1 rings (SSSR count). The van der Waals surface area contributed by atoms with E-state index in [2.05, 4.69) is 17.9 Å². The van der Waals surface area contributed by atoms with E-state index in [-0.39, 0.29) is 5.76 Å². The molecular formula is C12H10O3. The number of aldehydes is 1. The maximum Gasteiger partial charge on any atom is 0.343 e. The number of hydrogen-bond acceptors (Lipinski definition) is 3. The third-order valence-corrected chi connectivity index (χ3v) is 1.74. The highest BCUT2D eigenvalue weighted by molar-refractivity contribution is 5.92. The fourth-order valence-electron chi connectivity index (χ4n) is 0.957. The van der Waals surface area contributed by atoms with Gasteiger partial charge in [0.15, 0.2) is 12.0 Å². The molecule has 1 aromatic rings. The highest BCUT2D eigenvalue weighted by atomic mass is 16.5. The average molecular weight is 202 g/mol. The van der Waals surface area contributed by atoms with Crippen LogP contribution in [0.25, 0.3) is 6.08 Å². The van der Waals surface area contributed by atoms with Crippen molar-refractivity contribution in [2.45, 2.75) is 0 Å².